The maximum absolute atomic E-state index is 12.8. The second-order valence-corrected chi connectivity index (χ2v) is 9.02. The number of hydrogen-bond acceptors (Lipinski definition) is 8. The smallest absolute Gasteiger partial charge is 0.344 e. The summed E-state index contributed by atoms with van der Waals surface area (Å²) in [5, 5.41) is 9.49. The van der Waals surface area contributed by atoms with Gasteiger partial charge in [0.1, 0.15) is 0 Å². The number of carbonyl (C=O) groups excluding carboxylic acids is 2. The van der Waals surface area contributed by atoms with E-state index in [1.165, 1.54) is 35.9 Å². The van der Waals surface area contributed by atoms with Gasteiger partial charge in [0.25, 0.3) is 5.91 Å². The molecule has 1 saturated heterocycles. The first-order valence-electron chi connectivity index (χ1n) is 9.99. The highest BCUT2D eigenvalue weighted by Crippen LogP contribution is 2.37. The zero-order chi connectivity index (χ0) is 24.8. The number of nitrogens with zero attached hydrogens (tertiary/aromatic N) is 2. The quantitative estimate of drug-likeness (QED) is 0.275. The van der Waals surface area contributed by atoms with Gasteiger partial charge in [-0.2, -0.15) is 0 Å². The Hall–Kier alpha value is -3.06. The zero-order valence-electron chi connectivity index (χ0n) is 18.5. The van der Waals surface area contributed by atoms with E-state index >= 15 is 0 Å². The SMILES string of the molecule is CCOC(=O)COc1c(I)cc(/C=C2\SC(=Nc3ccc(C(=O)O)cc3)N(C)C2=O)cc1OC. The molecule has 2 aromatic carbocycles. The number of ether oxygens (including phenoxy) is 3. The lowest BCUT2D eigenvalue weighted by atomic mass is 10.2. The molecule has 9 nitrogen and oxygen atoms in total. The van der Waals surface area contributed by atoms with Crippen LogP contribution in [0.25, 0.3) is 6.08 Å². The van der Waals surface area contributed by atoms with Gasteiger partial charge in [-0.05, 0) is 89.3 Å². The van der Waals surface area contributed by atoms with E-state index < -0.39 is 11.9 Å². The van der Waals surface area contributed by atoms with E-state index in [1.54, 1.807) is 38.2 Å². The number of rotatable bonds is 8. The van der Waals surface area contributed by atoms with Gasteiger partial charge in [0.05, 0.1) is 33.4 Å². The van der Waals surface area contributed by atoms with Gasteiger partial charge in [0.15, 0.2) is 23.3 Å². The van der Waals surface area contributed by atoms with Crippen LogP contribution in [0.1, 0.15) is 22.8 Å². The molecule has 178 valence electrons. The number of carboxylic acids is 1. The number of halogens is 1. The van der Waals surface area contributed by atoms with Crippen molar-refractivity contribution >= 4 is 69.1 Å². The standard InChI is InChI=1S/C23H21IN2O7S/c1-4-32-19(27)12-33-20-16(24)9-13(10-17(20)31-3)11-18-21(28)26(2)23(34-18)25-15-7-5-14(6-8-15)22(29)30/h5-11H,4,12H2,1-3H3,(H,29,30)/b18-11-,25-23?. The number of methoxy groups -OCH3 is 1. The molecule has 11 heteroatoms. The Kier molecular flexibility index (Phi) is 8.56. The van der Waals surface area contributed by atoms with Gasteiger partial charge in [-0.3, -0.25) is 9.69 Å². The number of aromatic carboxylic acids is 1. The topological polar surface area (TPSA) is 115 Å². The van der Waals surface area contributed by atoms with Crippen molar-refractivity contribution in [3.63, 3.8) is 0 Å². The van der Waals surface area contributed by atoms with Gasteiger partial charge in [0, 0.05) is 7.05 Å². The van der Waals surface area contributed by atoms with Crippen LogP contribution >= 0.6 is 34.4 Å². The lowest BCUT2D eigenvalue weighted by molar-refractivity contribution is -0.145. The van der Waals surface area contributed by atoms with Crippen molar-refractivity contribution in [1.82, 2.24) is 4.90 Å². The second kappa shape index (κ2) is 11.4. The van der Waals surface area contributed by atoms with Crippen LogP contribution in [0.15, 0.2) is 46.3 Å². The van der Waals surface area contributed by atoms with Crippen LogP contribution in [-0.2, 0) is 14.3 Å². The van der Waals surface area contributed by atoms with Crippen LogP contribution in [0.5, 0.6) is 11.5 Å². The molecule has 34 heavy (non-hydrogen) atoms. The molecule has 0 aromatic heterocycles. The minimum Gasteiger partial charge on any atom is -0.493 e. The van der Waals surface area contributed by atoms with E-state index in [4.69, 9.17) is 19.3 Å². The van der Waals surface area contributed by atoms with E-state index in [2.05, 4.69) is 27.6 Å². The van der Waals surface area contributed by atoms with Crippen molar-refractivity contribution in [2.45, 2.75) is 6.92 Å². The Morgan fingerprint density at radius 1 is 1.24 bits per heavy atom. The Balaban J connectivity index is 1.83. The van der Waals surface area contributed by atoms with Gasteiger partial charge in [-0.15, -0.1) is 0 Å². The molecule has 0 aliphatic carbocycles. The molecule has 0 atom stereocenters. The summed E-state index contributed by atoms with van der Waals surface area (Å²) < 4.78 is 16.6. The maximum Gasteiger partial charge on any atom is 0.344 e. The number of aliphatic imine (C=N–C) groups is 1. The lowest BCUT2D eigenvalue weighted by Crippen LogP contribution is -2.23. The fourth-order valence-corrected chi connectivity index (χ4v) is 4.66. The molecule has 1 aliphatic heterocycles. The number of benzene rings is 2. The summed E-state index contributed by atoms with van der Waals surface area (Å²) in [5.41, 5.74) is 1.40. The summed E-state index contributed by atoms with van der Waals surface area (Å²) in [4.78, 5) is 41.8. The highest BCUT2D eigenvalue weighted by molar-refractivity contribution is 14.1. The van der Waals surface area contributed by atoms with Crippen LogP contribution in [-0.4, -0.2) is 60.4 Å². The molecule has 3 rings (SSSR count). The molecule has 0 unspecified atom stereocenters. The van der Waals surface area contributed by atoms with Crippen molar-refractivity contribution in [1.29, 1.82) is 0 Å². The molecule has 1 N–H and O–H groups in total. The Morgan fingerprint density at radius 3 is 2.56 bits per heavy atom. The predicted molar refractivity (Wildman–Crippen MR) is 137 cm³/mol. The zero-order valence-corrected chi connectivity index (χ0v) is 21.5. The molecule has 0 spiro atoms. The van der Waals surface area contributed by atoms with Gasteiger partial charge >= 0.3 is 11.9 Å². The third kappa shape index (κ3) is 6.08. The van der Waals surface area contributed by atoms with Crippen molar-refractivity contribution in [3.8, 4) is 11.5 Å². The minimum atomic E-state index is -1.02. The number of amides is 1. The number of amidine groups is 1. The summed E-state index contributed by atoms with van der Waals surface area (Å²) in [6.45, 7) is 1.74. The Morgan fingerprint density at radius 2 is 1.94 bits per heavy atom. The van der Waals surface area contributed by atoms with Crippen molar-refractivity contribution in [2.75, 3.05) is 27.4 Å². The molecule has 1 fully saturated rings. The molecule has 1 aliphatic rings. The first-order chi connectivity index (χ1) is 16.2. The van der Waals surface area contributed by atoms with Crippen LogP contribution in [0.4, 0.5) is 5.69 Å². The molecule has 0 saturated carbocycles. The highest BCUT2D eigenvalue weighted by Gasteiger charge is 2.30. The fourth-order valence-electron chi connectivity index (χ4n) is 2.89. The molecule has 0 radical (unpaired) electrons. The maximum atomic E-state index is 12.8. The third-order valence-electron chi connectivity index (χ3n) is 4.53. The molecular formula is C23H21IN2O7S. The largest absolute Gasteiger partial charge is 0.493 e. The minimum absolute atomic E-state index is 0.159. The van der Waals surface area contributed by atoms with E-state index in [0.717, 1.165) is 0 Å². The number of hydrogen-bond donors (Lipinski definition) is 1. The number of likely N-dealkylation sites (N-methyl/N-ethyl adjacent to an activating group) is 1. The lowest BCUT2D eigenvalue weighted by Gasteiger charge is -2.13. The van der Waals surface area contributed by atoms with Crippen molar-refractivity contribution < 1.29 is 33.7 Å². The van der Waals surface area contributed by atoms with Gasteiger partial charge in [-0.1, -0.05) is 0 Å². The molecule has 1 amide bonds. The first kappa shape index (κ1) is 25.6. The average Bonchev–Trinajstić information content (AvgIpc) is 3.06. The Bertz CT molecular complexity index is 1180. The summed E-state index contributed by atoms with van der Waals surface area (Å²) in [5.74, 6) is -0.893. The van der Waals surface area contributed by atoms with Crippen LogP contribution in [0, 0.1) is 3.57 Å². The number of thioether (sulfide) groups is 1. The van der Waals surface area contributed by atoms with E-state index in [1.807, 2.05) is 6.07 Å². The van der Waals surface area contributed by atoms with Crippen LogP contribution < -0.4 is 9.47 Å². The molecule has 0 bridgehead atoms. The monoisotopic (exact) mass is 596 g/mol. The van der Waals surface area contributed by atoms with E-state index in [9.17, 15) is 14.4 Å². The fraction of sp³-hybridized carbons (Fsp3) is 0.217. The van der Waals surface area contributed by atoms with Crippen molar-refractivity contribution in [2.24, 2.45) is 4.99 Å². The normalized spacial score (nSPS) is 15.6. The number of esters is 1. The summed E-state index contributed by atoms with van der Waals surface area (Å²) >= 11 is 3.28. The molecule has 2 aromatic rings. The number of carbonyl (C=O) groups is 3. The van der Waals surface area contributed by atoms with E-state index in [0.29, 0.717) is 36.4 Å². The third-order valence-corrected chi connectivity index (χ3v) is 6.39. The van der Waals surface area contributed by atoms with Gasteiger partial charge in [-0.25, -0.2) is 14.6 Å². The van der Waals surface area contributed by atoms with Crippen molar-refractivity contribution in [3.05, 3.63) is 56.0 Å². The first-order valence-corrected chi connectivity index (χ1v) is 11.9. The summed E-state index contributed by atoms with van der Waals surface area (Å²) in [6, 6.07) is 9.60. The van der Waals surface area contributed by atoms with Gasteiger partial charge in [0.2, 0.25) is 0 Å². The molecular weight excluding hydrogens is 575 g/mol. The van der Waals surface area contributed by atoms with Gasteiger partial charge < -0.3 is 19.3 Å². The van der Waals surface area contributed by atoms with E-state index in [-0.39, 0.29) is 24.7 Å². The summed E-state index contributed by atoms with van der Waals surface area (Å²) in [6.07, 6.45) is 1.72. The molecule has 1 heterocycles. The second-order valence-electron chi connectivity index (χ2n) is 6.85. The van der Waals surface area contributed by atoms with Crippen LogP contribution in [0.3, 0.4) is 0 Å². The Labute approximate surface area is 213 Å². The average molecular weight is 596 g/mol. The van der Waals surface area contributed by atoms with Crippen LogP contribution in [0.2, 0.25) is 0 Å². The number of carboxylic acid groups (broad SMARTS) is 1. The highest BCUT2D eigenvalue weighted by atomic mass is 127. The predicted octanol–water partition coefficient (Wildman–Crippen LogP) is 4.17. The summed E-state index contributed by atoms with van der Waals surface area (Å²) in [7, 11) is 3.11.